The van der Waals surface area contributed by atoms with Gasteiger partial charge in [0.25, 0.3) is 0 Å². The highest BCUT2D eigenvalue weighted by Gasteiger charge is 1.96. The largest absolute Gasteiger partial charge is 0.291 e. The quantitative estimate of drug-likeness (QED) is 0.761. The van der Waals surface area contributed by atoms with Crippen molar-refractivity contribution in [2.75, 3.05) is 13.6 Å². The van der Waals surface area contributed by atoms with Gasteiger partial charge in [0.2, 0.25) is 0 Å². The van der Waals surface area contributed by atoms with E-state index >= 15 is 0 Å². The molecule has 2 nitrogen and oxygen atoms in total. The third-order valence-electron chi connectivity index (χ3n) is 2.54. The van der Waals surface area contributed by atoms with Gasteiger partial charge in [0.1, 0.15) is 0 Å². The predicted molar refractivity (Wildman–Crippen MR) is 73.9 cm³/mol. The minimum atomic E-state index is 0.754. The molecule has 1 heterocycles. The smallest absolute Gasteiger partial charge is 0.0605 e. The van der Waals surface area contributed by atoms with Crippen LogP contribution in [0.5, 0.6) is 0 Å². The Morgan fingerprint density at radius 3 is 2.67 bits per heavy atom. The molecule has 90 valence electrons. The average molecular weight is 236 g/mol. The Morgan fingerprint density at radius 1 is 1.11 bits per heavy atom. The van der Waals surface area contributed by atoms with Crippen LogP contribution in [0.4, 0.5) is 0 Å². The Labute approximate surface area is 108 Å². The Balaban J connectivity index is 1.86. The number of hydrogen-bond acceptors (Lipinski definition) is 2. The predicted octanol–water partition coefficient (Wildman–Crippen LogP) is 2.57. The highest BCUT2D eigenvalue weighted by Crippen LogP contribution is 2.01. The summed E-state index contributed by atoms with van der Waals surface area (Å²) >= 11 is 0. The van der Waals surface area contributed by atoms with Gasteiger partial charge in [-0.05, 0) is 24.7 Å². The van der Waals surface area contributed by atoms with Gasteiger partial charge in [-0.1, -0.05) is 42.2 Å². The molecule has 0 saturated carbocycles. The number of aromatic nitrogens is 1. The highest BCUT2D eigenvalue weighted by molar-refractivity contribution is 5.31. The summed E-state index contributed by atoms with van der Waals surface area (Å²) in [7, 11) is 2.07. The standard InChI is InChI=1S/C16H16N2/c1-18(14-16-7-3-2-4-8-16)12-6-10-15-9-5-11-17-13-15/h2-5,7-9,11,13H,12,14H2,1H3. The van der Waals surface area contributed by atoms with E-state index in [2.05, 4.69) is 53.0 Å². The van der Waals surface area contributed by atoms with Gasteiger partial charge in [0, 0.05) is 24.5 Å². The number of hydrogen-bond donors (Lipinski definition) is 0. The molecule has 0 fully saturated rings. The topological polar surface area (TPSA) is 16.1 Å². The van der Waals surface area contributed by atoms with Crippen LogP contribution in [0.1, 0.15) is 11.1 Å². The fraction of sp³-hybridized carbons (Fsp3) is 0.188. The molecule has 0 atom stereocenters. The van der Waals surface area contributed by atoms with E-state index in [4.69, 9.17) is 0 Å². The molecule has 0 unspecified atom stereocenters. The minimum absolute atomic E-state index is 0.754. The summed E-state index contributed by atoms with van der Waals surface area (Å²) in [4.78, 5) is 6.23. The molecule has 0 N–H and O–H groups in total. The van der Waals surface area contributed by atoms with Gasteiger partial charge in [-0.2, -0.15) is 0 Å². The van der Waals surface area contributed by atoms with Gasteiger partial charge in [0.05, 0.1) is 6.54 Å². The average Bonchev–Trinajstić information content (AvgIpc) is 2.41. The molecule has 0 radical (unpaired) electrons. The SMILES string of the molecule is CN(CC#Cc1cccnc1)Cc1ccccc1. The first-order valence-electron chi connectivity index (χ1n) is 5.96. The number of rotatable bonds is 3. The van der Waals surface area contributed by atoms with Crippen LogP contribution < -0.4 is 0 Å². The summed E-state index contributed by atoms with van der Waals surface area (Å²) in [6.07, 6.45) is 3.54. The lowest BCUT2D eigenvalue weighted by atomic mass is 10.2. The fourth-order valence-electron chi connectivity index (χ4n) is 1.66. The van der Waals surface area contributed by atoms with Gasteiger partial charge >= 0.3 is 0 Å². The second-order valence-electron chi connectivity index (χ2n) is 4.20. The van der Waals surface area contributed by atoms with Gasteiger partial charge in [-0.3, -0.25) is 9.88 Å². The first kappa shape index (κ1) is 12.3. The normalized spacial score (nSPS) is 9.89. The molecular weight excluding hydrogens is 220 g/mol. The summed E-state index contributed by atoms with van der Waals surface area (Å²) in [5.74, 6) is 6.26. The first-order chi connectivity index (χ1) is 8.84. The van der Waals surface area contributed by atoms with E-state index in [0.29, 0.717) is 0 Å². The second kappa shape index (κ2) is 6.58. The third kappa shape index (κ3) is 4.04. The van der Waals surface area contributed by atoms with E-state index in [9.17, 15) is 0 Å². The van der Waals surface area contributed by atoms with Crippen molar-refractivity contribution in [3.05, 3.63) is 66.0 Å². The lowest BCUT2D eigenvalue weighted by Crippen LogP contribution is -2.17. The number of benzene rings is 1. The van der Waals surface area contributed by atoms with Crippen LogP contribution in [0, 0.1) is 11.8 Å². The molecule has 0 aliphatic heterocycles. The van der Waals surface area contributed by atoms with Gasteiger partial charge < -0.3 is 0 Å². The maximum Gasteiger partial charge on any atom is 0.0605 e. The summed E-state index contributed by atoms with van der Waals surface area (Å²) < 4.78 is 0. The molecule has 2 rings (SSSR count). The molecule has 0 amide bonds. The zero-order chi connectivity index (χ0) is 12.6. The molecule has 0 bridgehead atoms. The van der Waals surface area contributed by atoms with Gasteiger partial charge in [-0.15, -0.1) is 0 Å². The third-order valence-corrected chi connectivity index (χ3v) is 2.54. The highest BCUT2D eigenvalue weighted by atomic mass is 15.1. The van der Waals surface area contributed by atoms with Crippen LogP contribution in [0.3, 0.4) is 0 Å². The Bertz CT molecular complexity index is 523. The summed E-state index contributed by atoms with van der Waals surface area (Å²) in [5.41, 5.74) is 2.27. The Morgan fingerprint density at radius 2 is 1.94 bits per heavy atom. The van der Waals surface area contributed by atoms with E-state index in [1.54, 1.807) is 12.4 Å². The van der Waals surface area contributed by atoms with Crippen LogP contribution in [0.15, 0.2) is 54.9 Å². The molecule has 0 saturated heterocycles. The maximum absolute atomic E-state index is 4.03. The second-order valence-corrected chi connectivity index (χ2v) is 4.20. The van der Waals surface area contributed by atoms with Gasteiger partial charge in [-0.25, -0.2) is 0 Å². The number of pyridine rings is 1. The summed E-state index contributed by atoms with van der Waals surface area (Å²) in [6.45, 7) is 1.67. The molecule has 1 aromatic heterocycles. The van der Waals surface area contributed by atoms with E-state index in [0.717, 1.165) is 18.7 Å². The van der Waals surface area contributed by atoms with Crippen molar-refractivity contribution in [1.82, 2.24) is 9.88 Å². The Kier molecular flexibility index (Phi) is 4.52. The summed E-state index contributed by atoms with van der Waals surface area (Å²) in [5, 5.41) is 0. The molecule has 18 heavy (non-hydrogen) atoms. The van der Waals surface area contributed by atoms with Gasteiger partial charge in [0.15, 0.2) is 0 Å². The summed E-state index contributed by atoms with van der Waals surface area (Å²) in [6, 6.07) is 14.3. The Hall–Kier alpha value is -2.11. The lowest BCUT2D eigenvalue weighted by Gasteiger charge is -2.12. The van der Waals surface area contributed by atoms with Crippen LogP contribution in [-0.4, -0.2) is 23.5 Å². The minimum Gasteiger partial charge on any atom is -0.291 e. The van der Waals surface area contributed by atoms with Crippen molar-refractivity contribution in [3.8, 4) is 11.8 Å². The van der Waals surface area contributed by atoms with E-state index in [1.165, 1.54) is 5.56 Å². The fourth-order valence-corrected chi connectivity index (χ4v) is 1.66. The molecule has 2 aromatic rings. The van der Waals surface area contributed by atoms with Crippen molar-refractivity contribution in [2.45, 2.75) is 6.54 Å². The molecule has 0 aliphatic rings. The van der Waals surface area contributed by atoms with Crippen molar-refractivity contribution in [1.29, 1.82) is 0 Å². The van der Waals surface area contributed by atoms with E-state index < -0.39 is 0 Å². The van der Waals surface area contributed by atoms with Crippen molar-refractivity contribution in [2.24, 2.45) is 0 Å². The zero-order valence-corrected chi connectivity index (χ0v) is 10.5. The zero-order valence-electron chi connectivity index (χ0n) is 10.5. The number of nitrogens with zero attached hydrogens (tertiary/aromatic N) is 2. The molecule has 0 aliphatic carbocycles. The molecular formula is C16H16N2. The van der Waals surface area contributed by atoms with Crippen molar-refractivity contribution >= 4 is 0 Å². The van der Waals surface area contributed by atoms with Crippen LogP contribution in [0.25, 0.3) is 0 Å². The lowest BCUT2D eigenvalue weighted by molar-refractivity contribution is 0.369. The van der Waals surface area contributed by atoms with Crippen LogP contribution >= 0.6 is 0 Å². The maximum atomic E-state index is 4.03. The van der Waals surface area contributed by atoms with E-state index in [-0.39, 0.29) is 0 Å². The molecule has 1 aromatic carbocycles. The van der Waals surface area contributed by atoms with Crippen LogP contribution in [0.2, 0.25) is 0 Å². The monoisotopic (exact) mass is 236 g/mol. The van der Waals surface area contributed by atoms with Crippen molar-refractivity contribution in [3.63, 3.8) is 0 Å². The molecule has 0 spiro atoms. The first-order valence-corrected chi connectivity index (χ1v) is 5.96. The van der Waals surface area contributed by atoms with Crippen molar-refractivity contribution < 1.29 is 0 Å². The van der Waals surface area contributed by atoms with E-state index in [1.807, 2.05) is 18.2 Å². The molecule has 2 heteroatoms. The van der Waals surface area contributed by atoms with Crippen LogP contribution in [-0.2, 0) is 6.54 Å².